The fourth-order valence-electron chi connectivity index (χ4n) is 2.16. The molecular formula is C13H22N4O. The molecule has 1 unspecified atom stereocenters. The zero-order chi connectivity index (χ0) is 13.0. The molecule has 1 atom stereocenters. The van der Waals surface area contributed by atoms with Crippen LogP contribution < -0.4 is 10.2 Å². The number of nitrogens with one attached hydrogen (secondary N) is 1. The number of anilines is 2. The number of hydrogen-bond acceptors (Lipinski definition) is 5. The van der Waals surface area contributed by atoms with Crippen molar-refractivity contribution in [2.75, 3.05) is 36.5 Å². The molecule has 18 heavy (non-hydrogen) atoms. The molecule has 1 aliphatic rings. The lowest BCUT2D eigenvalue weighted by atomic mass is 10.2. The fraction of sp³-hybridized carbons (Fsp3) is 0.692. The third-order valence-electron chi connectivity index (χ3n) is 3.10. The summed E-state index contributed by atoms with van der Waals surface area (Å²) in [6.07, 6.45) is 1.36. The smallest absolute Gasteiger partial charge is 0.134 e. The Morgan fingerprint density at radius 1 is 1.44 bits per heavy atom. The Morgan fingerprint density at radius 2 is 2.28 bits per heavy atom. The molecule has 5 heteroatoms. The van der Waals surface area contributed by atoms with Crippen LogP contribution in [0.5, 0.6) is 0 Å². The van der Waals surface area contributed by atoms with E-state index in [1.165, 1.54) is 0 Å². The molecule has 0 bridgehead atoms. The summed E-state index contributed by atoms with van der Waals surface area (Å²) in [6, 6.07) is 2.02. The lowest BCUT2D eigenvalue weighted by molar-refractivity contribution is 0.0381. The molecule has 1 aliphatic heterocycles. The minimum Gasteiger partial charge on any atom is -0.375 e. The van der Waals surface area contributed by atoms with E-state index in [9.17, 15) is 0 Å². The molecule has 1 fully saturated rings. The Balaban J connectivity index is 2.16. The van der Waals surface area contributed by atoms with Gasteiger partial charge < -0.3 is 15.0 Å². The van der Waals surface area contributed by atoms with Crippen molar-refractivity contribution in [2.45, 2.75) is 33.3 Å². The second kappa shape index (κ2) is 6.00. The molecule has 1 aromatic rings. The van der Waals surface area contributed by atoms with E-state index in [0.717, 1.165) is 50.1 Å². The van der Waals surface area contributed by atoms with E-state index in [4.69, 9.17) is 4.74 Å². The van der Waals surface area contributed by atoms with Gasteiger partial charge in [-0.15, -0.1) is 0 Å². The summed E-state index contributed by atoms with van der Waals surface area (Å²) < 4.78 is 5.69. The maximum atomic E-state index is 5.69. The molecule has 100 valence electrons. The van der Waals surface area contributed by atoms with Crippen LogP contribution in [0.3, 0.4) is 0 Å². The molecule has 5 nitrogen and oxygen atoms in total. The van der Waals surface area contributed by atoms with Crippen molar-refractivity contribution < 1.29 is 4.74 Å². The summed E-state index contributed by atoms with van der Waals surface area (Å²) in [4.78, 5) is 11.2. The van der Waals surface area contributed by atoms with Gasteiger partial charge in [-0.3, -0.25) is 0 Å². The van der Waals surface area contributed by atoms with Crippen molar-refractivity contribution in [1.29, 1.82) is 0 Å². The highest BCUT2D eigenvalue weighted by molar-refractivity contribution is 5.49. The van der Waals surface area contributed by atoms with Crippen molar-refractivity contribution in [3.05, 3.63) is 11.9 Å². The van der Waals surface area contributed by atoms with Gasteiger partial charge in [0.05, 0.1) is 12.7 Å². The van der Waals surface area contributed by atoms with Crippen LogP contribution in [-0.4, -0.2) is 42.3 Å². The fourth-order valence-corrected chi connectivity index (χ4v) is 2.16. The van der Waals surface area contributed by atoms with Gasteiger partial charge in [0.1, 0.15) is 17.5 Å². The quantitative estimate of drug-likeness (QED) is 0.883. The average molecular weight is 250 g/mol. The van der Waals surface area contributed by atoms with E-state index in [0.29, 0.717) is 6.10 Å². The zero-order valence-electron chi connectivity index (χ0n) is 11.4. The molecular weight excluding hydrogens is 228 g/mol. The van der Waals surface area contributed by atoms with Gasteiger partial charge >= 0.3 is 0 Å². The Hall–Kier alpha value is -1.36. The maximum absolute atomic E-state index is 5.69. The van der Waals surface area contributed by atoms with Crippen molar-refractivity contribution >= 4 is 11.6 Å². The van der Waals surface area contributed by atoms with Crippen LogP contribution in [0.4, 0.5) is 11.6 Å². The van der Waals surface area contributed by atoms with Crippen LogP contribution in [-0.2, 0) is 4.74 Å². The van der Waals surface area contributed by atoms with Gasteiger partial charge in [-0.05, 0) is 20.3 Å². The Bertz CT molecular complexity index is 397. The van der Waals surface area contributed by atoms with Gasteiger partial charge in [-0.1, -0.05) is 6.92 Å². The zero-order valence-corrected chi connectivity index (χ0v) is 11.4. The van der Waals surface area contributed by atoms with Crippen molar-refractivity contribution in [3.63, 3.8) is 0 Å². The first kappa shape index (κ1) is 13.1. The lowest BCUT2D eigenvalue weighted by Gasteiger charge is -2.33. The summed E-state index contributed by atoms with van der Waals surface area (Å²) >= 11 is 0. The Kier molecular flexibility index (Phi) is 4.36. The number of aryl methyl sites for hydroxylation is 1. The molecule has 1 saturated heterocycles. The van der Waals surface area contributed by atoms with Gasteiger partial charge in [-0.2, -0.15) is 0 Å². The molecule has 0 saturated carbocycles. The molecule has 1 aromatic heterocycles. The van der Waals surface area contributed by atoms with Crippen molar-refractivity contribution in [1.82, 2.24) is 9.97 Å². The first-order valence-electron chi connectivity index (χ1n) is 6.69. The summed E-state index contributed by atoms with van der Waals surface area (Å²) in [6.45, 7) is 9.62. The SMILES string of the molecule is CCNc1cc(N2CCOC(CC)C2)nc(C)n1. The molecule has 0 radical (unpaired) electrons. The van der Waals surface area contributed by atoms with Gasteiger partial charge in [0.25, 0.3) is 0 Å². The van der Waals surface area contributed by atoms with E-state index in [1.54, 1.807) is 0 Å². The predicted octanol–water partition coefficient (Wildman–Crippen LogP) is 1.83. The monoisotopic (exact) mass is 250 g/mol. The minimum atomic E-state index is 0.316. The number of morpholine rings is 1. The van der Waals surface area contributed by atoms with Crippen molar-refractivity contribution in [2.24, 2.45) is 0 Å². The van der Waals surface area contributed by atoms with E-state index in [2.05, 4.69) is 34.0 Å². The largest absolute Gasteiger partial charge is 0.375 e. The average Bonchev–Trinajstić information content (AvgIpc) is 2.38. The summed E-state index contributed by atoms with van der Waals surface area (Å²) in [5.74, 6) is 2.71. The van der Waals surface area contributed by atoms with E-state index >= 15 is 0 Å². The third-order valence-corrected chi connectivity index (χ3v) is 3.10. The predicted molar refractivity (Wildman–Crippen MR) is 73.2 cm³/mol. The van der Waals surface area contributed by atoms with Crippen LogP contribution >= 0.6 is 0 Å². The number of aromatic nitrogens is 2. The van der Waals surface area contributed by atoms with E-state index in [-0.39, 0.29) is 0 Å². The van der Waals surface area contributed by atoms with Gasteiger partial charge in [0, 0.05) is 25.7 Å². The van der Waals surface area contributed by atoms with Crippen LogP contribution in [0.1, 0.15) is 26.1 Å². The minimum absolute atomic E-state index is 0.316. The van der Waals surface area contributed by atoms with E-state index in [1.807, 2.05) is 13.0 Å². The first-order valence-corrected chi connectivity index (χ1v) is 6.69. The summed E-state index contributed by atoms with van der Waals surface area (Å²) in [7, 11) is 0. The number of nitrogens with zero attached hydrogens (tertiary/aromatic N) is 3. The molecule has 1 N–H and O–H groups in total. The molecule has 0 amide bonds. The second-order valence-electron chi connectivity index (χ2n) is 4.54. The second-order valence-corrected chi connectivity index (χ2v) is 4.54. The number of hydrogen-bond donors (Lipinski definition) is 1. The topological polar surface area (TPSA) is 50.3 Å². The third kappa shape index (κ3) is 3.10. The highest BCUT2D eigenvalue weighted by Gasteiger charge is 2.20. The standard InChI is InChI=1S/C13H22N4O/c1-4-11-9-17(6-7-18-11)13-8-12(14-5-2)15-10(3)16-13/h8,11H,4-7,9H2,1-3H3,(H,14,15,16). The molecule has 0 aliphatic carbocycles. The normalized spacial score (nSPS) is 19.9. The highest BCUT2D eigenvalue weighted by atomic mass is 16.5. The van der Waals surface area contributed by atoms with Crippen LogP contribution in [0.2, 0.25) is 0 Å². The summed E-state index contributed by atoms with van der Waals surface area (Å²) in [5.41, 5.74) is 0. The molecule has 2 rings (SSSR count). The molecule has 2 heterocycles. The molecule has 0 aromatic carbocycles. The number of ether oxygens (including phenoxy) is 1. The van der Waals surface area contributed by atoms with Crippen LogP contribution in [0.15, 0.2) is 6.07 Å². The van der Waals surface area contributed by atoms with Gasteiger partial charge in [0.15, 0.2) is 0 Å². The lowest BCUT2D eigenvalue weighted by Crippen LogP contribution is -2.42. The Labute approximate surface area is 109 Å². The molecule has 0 spiro atoms. The Morgan fingerprint density at radius 3 is 3.00 bits per heavy atom. The van der Waals surface area contributed by atoms with Gasteiger partial charge in [-0.25, -0.2) is 9.97 Å². The summed E-state index contributed by atoms with van der Waals surface area (Å²) in [5, 5.41) is 3.24. The maximum Gasteiger partial charge on any atom is 0.134 e. The van der Waals surface area contributed by atoms with E-state index < -0.39 is 0 Å². The highest BCUT2D eigenvalue weighted by Crippen LogP contribution is 2.19. The van der Waals surface area contributed by atoms with Gasteiger partial charge in [0.2, 0.25) is 0 Å². The van der Waals surface area contributed by atoms with Crippen LogP contribution in [0.25, 0.3) is 0 Å². The first-order chi connectivity index (χ1) is 8.72. The number of rotatable bonds is 4. The van der Waals surface area contributed by atoms with Crippen molar-refractivity contribution in [3.8, 4) is 0 Å². The van der Waals surface area contributed by atoms with Crippen LogP contribution in [0, 0.1) is 6.92 Å².